The minimum atomic E-state index is -3.65. The van der Waals surface area contributed by atoms with E-state index in [1.54, 1.807) is 24.3 Å². The summed E-state index contributed by atoms with van der Waals surface area (Å²) in [6, 6.07) is 10.9. The van der Waals surface area contributed by atoms with Crippen molar-refractivity contribution in [1.82, 2.24) is 20.8 Å². The summed E-state index contributed by atoms with van der Waals surface area (Å²) >= 11 is 0. The van der Waals surface area contributed by atoms with Crippen LogP contribution in [-0.4, -0.2) is 43.5 Å². The molecule has 146 valence electrons. The van der Waals surface area contributed by atoms with Crippen molar-refractivity contribution in [3.05, 3.63) is 66.2 Å². The monoisotopic (exact) mass is 404 g/mol. The van der Waals surface area contributed by atoms with E-state index < -0.39 is 27.4 Å². The first-order valence-electron chi connectivity index (χ1n) is 8.16. The molecule has 0 aliphatic heterocycles. The molecule has 2 N–H and O–H groups in total. The fourth-order valence-electron chi connectivity index (χ4n) is 2.21. The molecule has 2 heterocycles. The zero-order valence-electron chi connectivity index (χ0n) is 14.5. The van der Waals surface area contributed by atoms with Gasteiger partial charge in [0.25, 0.3) is 5.91 Å². The van der Waals surface area contributed by atoms with Crippen LogP contribution in [0.1, 0.15) is 27.1 Å². The molecular weight excluding hydrogens is 388 g/mol. The summed E-state index contributed by atoms with van der Waals surface area (Å²) in [5.74, 6) is -1.91. The molecule has 0 bridgehead atoms. The van der Waals surface area contributed by atoms with Crippen molar-refractivity contribution in [2.75, 3.05) is 13.1 Å². The molecule has 1 aromatic carbocycles. The van der Waals surface area contributed by atoms with Gasteiger partial charge in [0.15, 0.2) is 21.4 Å². The number of benzene rings is 1. The number of hydrogen-bond acceptors (Lipinski definition) is 8. The SMILES string of the molecule is O=C(NCCNC(=O)c1nc(CS(=O)(=O)c2ccccc2)no1)c1ccco1. The third-order valence-electron chi connectivity index (χ3n) is 3.52. The van der Waals surface area contributed by atoms with Crippen LogP contribution in [0.25, 0.3) is 0 Å². The van der Waals surface area contributed by atoms with Crippen LogP contribution in [0.3, 0.4) is 0 Å². The number of rotatable bonds is 8. The Morgan fingerprint density at radius 2 is 1.68 bits per heavy atom. The molecule has 0 unspecified atom stereocenters. The maximum atomic E-state index is 12.3. The van der Waals surface area contributed by atoms with Crippen molar-refractivity contribution in [1.29, 1.82) is 0 Å². The Morgan fingerprint density at radius 3 is 2.36 bits per heavy atom. The highest BCUT2D eigenvalue weighted by atomic mass is 32.2. The lowest BCUT2D eigenvalue weighted by Gasteiger charge is -2.03. The third kappa shape index (κ3) is 4.82. The first-order chi connectivity index (χ1) is 13.5. The highest BCUT2D eigenvalue weighted by Crippen LogP contribution is 2.14. The van der Waals surface area contributed by atoms with Crippen LogP contribution in [0.15, 0.2) is 62.6 Å². The van der Waals surface area contributed by atoms with Gasteiger partial charge in [-0.25, -0.2) is 8.42 Å². The van der Waals surface area contributed by atoms with Crippen molar-refractivity contribution < 1.29 is 26.9 Å². The molecule has 0 spiro atoms. The average Bonchev–Trinajstić information content (AvgIpc) is 3.37. The van der Waals surface area contributed by atoms with E-state index in [1.807, 2.05) is 0 Å². The van der Waals surface area contributed by atoms with E-state index in [4.69, 9.17) is 8.94 Å². The van der Waals surface area contributed by atoms with Crippen LogP contribution in [-0.2, 0) is 15.6 Å². The van der Waals surface area contributed by atoms with Gasteiger partial charge in [0.05, 0.1) is 11.2 Å². The average molecular weight is 404 g/mol. The van der Waals surface area contributed by atoms with Crippen LogP contribution >= 0.6 is 0 Å². The predicted molar refractivity (Wildman–Crippen MR) is 95.0 cm³/mol. The van der Waals surface area contributed by atoms with E-state index in [9.17, 15) is 18.0 Å². The number of aromatic nitrogens is 2. The highest BCUT2D eigenvalue weighted by Gasteiger charge is 2.21. The summed E-state index contributed by atoms with van der Waals surface area (Å²) in [6.07, 6.45) is 1.38. The Morgan fingerprint density at radius 1 is 0.964 bits per heavy atom. The van der Waals surface area contributed by atoms with Crippen molar-refractivity contribution in [2.24, 2.45) is 0 Å². The van der Waals surface area contributed by atoms with Gasteiger partial charge in [-0.1, -0.05) is 23.4 Å². The fraction of sp³-hybridized carbons (Fsp3) is 0.176. The third-order valence-corrected chi connectivity index (χ3v) is 5.15. The highest BCUT2D eigenvalue weighted by molar-refractivity contribution is 7.90. The molecule has 2 aromatic heterocycles. The normalized spacial score (nSPS) is 11.1. The minimum absolute atomic E-state index is 0.102. The van der Waals surface area contributed by atoms with Gasteiger partial charge >= 0.3 is 11.8 Å². The fourth-order valence-corrected chi connectivity index (χ4v) is 3.40. The lowest BCUT2D eigenvalue weighted by Crippen LogP contribution is -2.34. The van der Waals surface area contributed by atoms with E-state index in [-0.39, 0.29) is 35.5 Å². The Labute approximate surface area is 159 Å². The summed E-state index contributed by atoms with van der Waals surface area (Å²) in [4.78, 5) is 27.6. The Balaban J connectivity index is 1.49. The van der Waals surface area contributed by atoms with E-state index in [1.165, 1.54) is 24.5 Å². The summed E-state index contributed by atoms with van der Waals surface area (Å²) in [5.41, 5.74) is 0. The van der Waals surface area contributed by atoms with Crippen molar-refractivity contribution in [3.8, 4) is 0 Å². The van der Waals surface area contributed by atoms with Gasteiger partial charge in [-0.05, 0) is 24.3 Å². The maximum absolute atomic E-state index is 12.3. The van der Waals surface area contributed by atoms with E-state index >= 15 is 0 Å². The number of carbonyl (C=O) groups excluding carboxylic acids is 2. The van der Waals surface area contributed by atoms with Crippen LogP contribution in [0.2, 0.25) is 0 Å². The van der Waals surface area contributed by atoms with Gasteiger partial charge in [-0.3, -0.25) is 9.59 Å². The minimum Gasteiger partial charge on any atom is -0.459 e. The van der Waals surface area contributed by atoms with Gasteiger partial charge in [0, 0.05) is 13.1 Å². The quantitative estimate of drug-likeness (QED) is 0.525. The van der Waals surface area contributed by atoms with Crippen LogP contribution in [0.4, 0.5) is 0 Å². The molecule has 0 aliphatic rings. The predicted octanol–water partition coefficient (Wildman–Crippen LogP) is 0.796. The topological polar surface area (TPSA) is 144 Å². The van der Waals surface area contributed by atoms with Gasteiger partial charge in [0.1, 0.15) is 5.75 Å². The number of carbonyl (C=O) groups is 2. The molecule has 3 aromatic rings. The van der Waals surface area contributed by atoms with Gasteiger partial charge < -0.3 is 19.6 Å². The number of nitrogens with one attached hydrogen (secondary N) is 2. The zero-order valence-corrected chi connectivity index (χ0v) is 15.3. The van der Waals surface area contributed by atoms with E-state index in [0.717, 1.165) is 0 Å². The number of furan rings is 1. The molecule has 0 saturated carbocycles. The van der Waals surface area contributed by atoms with Crippen molar-refractivity contribution >= 4 is 21.7 Å². The van der Waals surface area contributed by atoms with Crippen LogP contribution in [0, 0.1) is 0 Å². The maximum Gasteiger partial charge on any atom is 0.315 e. The molecule has 0 radical (unpaired) electrons. The Bertz CT molecular complexity index is 1040. The van der Waals surface area contributed by atoms with Gasteiger partial charge in [-0.15, -0.1) is 0 Å². The molecule has 3 rings (SSSR count). The van der Waals surface area contributed by atoms with Crippen LogP contribution in [0.5, 0.6) is 0 Å². The first-order valence-corrected chi connectivity index (χ1v) is 9.81. The molecule has 11 heteroatoms. The second-order valence-corrected chi connectivity index (χ2v) is 7.57. The standard InChI is InChI=1S/C17H16N4O6S/c22-15(13-7-4-10-26-13)18-8-9-19-16(23)17-20-14(21-27-17)11-28(24,25)12-5-2-1-3-6-12/h1-7,10H,8-9,11H2,(H,18,22)(H,19,23). The molecule has 0 atom stereocenters. The van der Waals surface area contributed by atoms with Gasteiger partial charge in [0.2, 0.25) is 0 Å². The second kappa shape index (κ2) is 8.48. The molecule has 10 nitrogen and oxygen atoms in total. The van der Waals surface area contributed by atoms with Gasteiger partial charge in [-0.2, -0.15) is 4.98 Å². The number of hydrogen-bond donors (Lipinski definition) is 2. The van der Waals surface area contributed by atoms with Crippen molar-refractivity contribution in [2.45, 2.75) is 10.6 Å². The summed E-state index contributed by atoms with van der Waals surface area (Å²) < 4.78 is 34.3. The molecule has 0 fully saturated rings. The molecular formula is C17H16N4O6S. The smallest absolute Gasteiger partial charge is 0.315 e. The van der Waals surface area contributed by atoms with E-state index in [2.05, 4.69) is 20.8 Å². The molecule has 0 saturated heterocycles. The Hall–Kier alpha value is -3.47. The summed E-state index contributed by atoms with van der Waals surface area (Å²) in [6.45, 7) is 0.250. The van der Waals surface area contributed by atoms with Crippen LogP contribution < -0.4 is 10.6 Å². The molecule has 2 amide bonds. The largest absolute Gasteiger partial charge is 0.459 e. The summed E-state index contributed by atoms with van der Waals surface area (Å²) in [5, 5.41) is 8.56. The molecule has 28 heavy (non-hydrogen) atoms. The summed E-state index contributed by atoms with van der Waals surface area (Å²) in [7, 11) is -3.65. The molecule has 0 aliphatic carbocycles. The first kappa shape index (κ1) is 19.3. The zero-order chi connectivity index (χ0) is 20.0. The van der Waals surface area contributed by atoms with Crippen molar-refractivity contribution in [3.63, 3.8) is 0 Å². The second-order valence-electron chi connectivity index (χ2n) is 5.58. The lowest BCUT2D eigenvalue weighted by atomic mass is 10.4. The number of amides is 2. The number of nitrogens with zero attached hydrogens (tertiary/aromatic N) is 2. The lowest BCUT2D eigenvalue weighted by molar-refractivity contribution is 0.0891. The Kier molecular flexibility index (Phi) is 5.84. The number of sulfone groups is 1. The van der Waals surface area contributed by atoms with E-state index in [0.29, 0.717) is 0 Å².